The number of amides is 1. The minimum Gasteiger partial charge on any atom is -0.320 e. The predicted octanol–water partition coefficient (Wildman–Crippen LogP) is 6.05. The van der Waals surface area contributed by atoms with E-state index in [9.17, 15) is 13.6 Å². The third-order valence-electron chi connectivity index (χ3n) is 5.88. The van der Waals surface area contributed by atoms with Crippen LogP contribution in [0.1, 0.15) is 73.2 Å². The topological polar surface area (TPSA) is 67.8 Å². The summed E-state index contributed by atoms with van der Waals surface area (Å²) in [6.45, 7) is 3.95. The van der Waals surface area contributed by atoms with Crippen LogP contribution in [0.5, 0.6) is 0 Å². The zero-order valence-electron chi connectivity index (χ0n) is 18.2. The van der Waals surface area contributed by atoms with Crippen molar-refractivity contribution in [3.8, 4) is 11.1 Å². The number of halogens is 2. The van der Waals surface area contributed by atoms with Crippen LogP contribution in [0.15, 0.2) is 48.9 Å². The molecule has 1 amide bonds. The number of carbonyl (C=O) groups excluding carboxylic acids is 1. The van der Waals surface area contributed by atoms with E-state index >= 15 is 0 Å². The van der Waals surface area contributed by atoms with Gasteiger partial charge in [-0.25, -0.2) is 18.7 Å². The second kappa shape index (κ2) is 9.51. The molecule has 32 heavy (non-hydrogen) atoms. The zero-order valence-corrected chi connectivity index (χ0v) is 18.2. The molecular weight excluding hydrogens is 410 g/mol. The van der Waals surface area contributed by atoms with Gasteiger partial charge in [0.1, 0.15) is 17.8 Å². The highest BCUT2D eigenvalue weighted by atomic mass is 19.1. The van der Waals surface area contributed by atoms with Crippen LogP contribution in [0.3, 0.4) is 0 Å². The minimum atomic E-state index is -0.810. The van der Waals surface area contributed by atoms with Gasteiger partial charge in [-0.3, -0.25) is 9.78 Å². The number of hydrogen-bond acceptors (Lipinski definition) is 4. The average molecular weight is 437 g/mol. The third kappa shape index (κ3) is 4.66. The normalized spacial score (nSPS) is 18.5. The number of alkyl halides is 1. The lowest BCUT2D eigenvalue weighted by atomic mass is 9.84. The molecule has 2 aromatic heterocycles. The van der Waals surface area contributed by atoms with Crippen molar-refractivity contribution >= 4 is 11.6 Å². The summed E-state index contributed by atoms with van der Waals surface area (Å²) in [5.41, 5.74) is 2.33. The summed E-state index contributed by atoms with van der Waals surface area (Å²) >= 11 is 0. The fraction of sp³-hybridized carbons (Fsp3) is 0.360. The van der Waals surface area contributed by atoms with E-state index in [-0.39, 0.29) is 11.8 Å². The van der Waals surface area contributed by atoms with Crippen molar-refractivity contribution in [1.82, 2.24) is 15.0 Å². The number of pyridine rings is 1. The molecule has 0 bridgehead atoms. The molecule has 1 N–H and O–H groups in total. The second-order valence-electron chi connectivity index (χ2n) is 8.49. The SMILES string of the molecule is CC(C)c1ncc(C(=O)Nc2c(-c3ccccc3F)ccnc2[C@H]2CC[C@@H](F)CC2)cn1. The molecule has 0 unspecified atom stereocenters. The van der Waals surface area contributed by atoms with Gasteiger partial charge in [-0.2, -0.15) is 0 Å². The Kier molecular flexibility index (Phi) is 6.53. The van der Waals surface area contributed by atoms with Crippen LogP contribution >= 0.6 is 0 Å². The lowest BCUT2D eigenvalue weighted by Gasteiger charge is -2.26. The Morgan fingerprint density at radius 2 is 1.69 bits per heavy atom. The summed E-state index contributed by atoms with van der Waals surface area (Å²) in [5, 5.41) is 2.94. The van der Waals surface area contributed by atoms with Crippen molar-refractivity contribution in [2.24, 2.45) is 0 Å². The first-order valence-corrected chi connectivity index (χ1v) is 10.9. The van der Waals surface area contributed by atoms with E-state index < -0.39 is 17.9 Å². The average Bonchev–Trinajstić information content (AvgIpc) is 2.80. The van der Waals surface area contributed by atoms with Crippen LogP contribution in [0.4, 0.5) is 14.5 Å². The molecule has 0 spiro atoms. The number of nitrogens with zero attached hydrogens (tertiary/aromatic N) is 3. The van der Waals surface area contributed by atoms with E-state index in [1.54, 1.807) is 30.5 Å². The van der Waals surface area contributed by atoms with Gasteiger partial charge in [-0.05, 0) is 37.8 Å². The van der Waals surface area contributed by atoms with Crippen molar-refractivity contribution in [2.45, 2.75) is 57.5 Å². The number of rotatable bonds is 5. The summed E-state index contributed by atoms with van der Waals surface area (Å²) in [5.74, 6) is 0.00104. The van der Waals surface area contributed by atoms with Crippen molar-refractivity contribution in [2.75, 3.05) is 5.32 Å². The number of hydrogen-bond donors (Lipinski definition) is 1. The molecule has 2 heterocycles. The molecule has 1 aliphatic carbocycles. The van der Waals surface area contributed by atoms with Crippen molar-refractivity contribution in [3.05, 3.63) is 71.8 Å². The van der Waals surface area contributed by atoms with Gasteiger partial charge in [0.15, 0.2) is 0 Å². The summed E-state index contributed by atoms with van der Waals surface area (Å²) in [6, 6.07) is 8.11. The summed E-state index contributed by atoms with van der Waals surface area (Å²) < 4.78 is 28.4. The van der Waals surface area contributed by atoms with Gasteiger partial charge in [-0.1, -0.05) is 32.0 Å². The van der Waals surface area contributed by atoms with Gasteiger partial charge >= 0.3 is 0 Å². The van der Waals surface area contributed by atoms with Gasteiger partial charge < -0.3 is 5.32 Å². The predicted molar refractivity (Wildman–Crippen MR) is 120 cm³/mol. The molecule has 0 atom stereocenters. The number of nitrogens with one attached hydrogen (secondary N) is 1. The fourth-order valence-corrected chi connectivity index (χ4v) is 4.09. The second-order valence-corrected chi connectivity index (χ2v) is 8.49. The van der Waals surface area contributed by atoms with Gasteiger partial charge in [0, 0.05) is 41.6 Å². The lowest BCUT2D eigenvalue weighted by molar-refractivity contribution is 0.102. The van der Waals surface area contributed by atoms with Gasteiger partial charge in [0.2, 0.25) is 0 Å². The molecule has 3 aromatic rings. The van der Waals surface area contributed by atoms with Crippen molar-refractivity contribution in [3.63, 3.8) is 0 Å². The Morgan fingerprint density at radius 1 is 1.00 bits per heavy atom. The van der Waals surface area contributed by atoms with Crippen LogP contribution in [0.2, 0.25) is 0 Å². The summed E-state index contributed by atoms with van der Waals surface area (Å²) in [7, 11) is 0. The molecule has 1 saturated carbocycles. The molecule has 166 valence electrons. The standard InChI is InChI=1S/C25H26F2N4O/c1-15(2)24-29-13-17(14-30-24)25(32)31-23-20(19-5-3-4-6-21(19)27)11-12-28-22(23)16-7-9-18(26)10-8-16/h3-6,11-16,18H,7-10H2,1-2H3,(H,31,32)/t16-,18+. The number of benzene rings is 1. The Labute approximate surface area is 186 Å². The van der Waals surface area contributed by atoms with Gasteiger partial charge in [0.25, 0.3) is 5.91 Å². The van der Waals surface area contributed by atoms with Crippen LogP contribution in [-0.4, -0.2) is 27.0 Å². The maximum absolute atomic E-state index is 14.7. The maximum atomic E-state index is 14.7. The molecule has 0 aliphatic heterocycles. The molecule has 0 saturated heterocycles. The van der Waals surface area contributed by atoms with Crippen LogP contribution < -0.4 is 5.32 Å². The van der Waals surface area contributed by atoms with Crippen LogP contribution in [0.25, 0.3) is 11.1 Å². The molecule has 5 nitrogen and oxygen atoms in total. The van der Waals surface area contributed by atoms with Crippen molar-refractivity contribution in [1.29, 1.82) is 0 Å². The molecular formula is C25H26F2N4O. The molecule has 7 heteroatoms. The van der Waals surface area contributed by atoms with Crippen LogP contribution in [0, 0.1) is 5.82 Å². The van der Waals surface area contributed by atoms with Gasteiger partial charge in [0.05, 0.1) is 16.9 Å². The highest BCUT2D eigenvalue weighted by Crippen LogP contribution is 2.40. The Morgan fingerprint density at radius 3 is 2.34 bits per heavy atom. The molecule has 1 aliphatic rings. The summed E-state index contributed by atoms with van der Waals surface area (Å²) in [4.78, 5) is 26.1. The van der Waals surface area contributed by atoms with E-state index in [0.29, 0.717) is 59.6 Å². The van der Waals surface area contributed by atoms with E-state index in [4.69, 9.17) is 0 Å². The maximum Gasteiger partial charge on any atom is 0.258 e. The van der Waals surface area contributed by atoms with Gasteiger partial charge in [-0.15, -0.1) is 0 Å². The first-order chi connectivity index (χ1) is 15.4. The monoisotopic (exact) mass is 436 g/mol. The fourth-order valence-electron chi connectivity index (χ4n) is 4.09. The van der Waals surface area contributed by atoms with E-state index in [1.807, 2.05) is 13.8 Å². The zero-order chi connectivity index (χ0) is 22.7. The molecule has 1 aromatic carbocycles. The third-order valence-corrected chi connectivity index (χ3v) is 5.88. The van der Waals surface area contributed by atoms with Crippen molar-refractivity contribution < 1.29 is 13.6 Å². The summed E-state index contributed by atoms with van der Waals surface area (Å²) in [6.07, 6.45) is 5.95. The number of carbonyl (C=O) groups is 1. The van der Waals surface area contributed by atoms with E-state index in [0.717, 1.165) is 0 Å². The first kappa shape index (κ1) is 22.0. The Bertz CT molecular complexity index is 1090. The van der Waals surface area contributed by atoms with E-state index in [2.05, 4.69) is 20.3 Å². The lowest BCUT2D eigenvalue weighted by Crippen LogP contribution is -2.20. The Balaban J connectivity index is 1.73. The first-order valence-electron chi connectivity index (χ1n) is 10.9. The molecule has 0 radical (unpaired) electrons. The molecule has 1 fully saturated rings. The highest BCUT2D eigenvalue weighted by Gasteiger charge is 2.27. The Hall–Kier alpha value is -3.22. The highest BCUT2D eigenvalue weighted by molar-refractivity contribution is 6.06. The van der Waals surface area contributed by atoms with E-state index in [1.165, 1.54) is 18.5 Å². The number of anilines is 1. The number of aromatic nitrogens is 3. The molecule has 4 rings (SSSR count). The quantitative estimate of drug-likeness (QED) is 0.529. The van der Waals surface area contributed by atoms with Crippen LogP contribution in [-0.2, 0) is 0 Å². The largest absolute Gasteiger partial charge is 0.320 e. The minimum absolute atomic E-state index is 0.0106. The smallest absolute Gasteiger partial charge is 0.258 e.